The van der Waals surface area contributed by atoms with Gasteiger partial charge in [0.05, 0.1) is 17.2 Å². The number of para-hydroxylation sites is 2. The molecule has 128 valence electrons. The highest BCUT2D eigenvalue weighted by atomic mass is 32.1. The number of esters is 1. The molecular formula is C19H14N4O2S. The van der Waals surface area contributed by atoms with E-state index in [1.54, 1.807) is 24.4 Å². The minimum Gasteiger partial charge on any atom is -0.422 e. The minimum absolute atomic E-state index is 0.354. The molecule has 0 aliphatic rings. The van der Waals surface area contributed by atoms with Gasteiger partial charge in [-0.2, -0.15) is 5.10 Å². The molecule has 0 aliphatic heterocycles. The van der Waals surface area contributed by atoms with Gasteiger partial charge in [-0.3, -0.25) is 0 Å². The number of ether oxygens (including phenoxy) is 1. The third-order valence-corrected chi connectivity index (χ3v) is 4.44. The Balaban J connectivity index is 1.37. The van der Waals surface area contributed by atoms with Gasteiger partial charge >= 0.3 is 5.97 Å². The van der Waals surface area contributed by atoms with Gasteiger partial charge in [-0.15, -0.1) is 11.3 Å². The lowest BCUT2D eigenvalue weighted by atomic mass is 10.2. The van der Waals surface area contributed by atoms with Crippen molar-refractivity contribution in [3.05, 3.63) is 76.5 Å². The molecule has 2 heterocycles. The first-order valence-corrected chi connectivity index (χ1v) is 8.75. The fraction of sp³-hybridized carbons (Fsp3) is 0. The monoisotopic (exact) mass is 362 g/mol. The van der Waals surface area contributed by atoms with Crippen LogP contribution in [0.3, 0.4) is 0 Å². The van der Waals surface area contributed by atoms with E-state index >= 15 is 0 Å². The summed E-state index contributed by atoms with van der Waals surface area (Å²) in [5.41, 5.74) is 5.56. The first-order valence-electron chi connectivity index (χ1n) is 7.87. The molecule has 2 aromatic heterocycles. The molecule has 0 atom stereocenters. The third kappa shape index (κ3) is 3.62. The van der Waals surface area contributed by atoms with Gasteiger partial charge in [0.1, 0.15) is 10.6 Å². The van der Waals surface area contributed by atoms with Gasteiger partial charge in [0.15, 0.2) is 0 Å². The van der Waals surface area contributed by atoms with E-state index < -0.39 is 0 Å². The Bertz CT molecular complexity index is 1020. The van der Waals surface area contributed by atoms with Crippen molar-refractivity contribution in [1.29, 1.82) is 0 Å². The van der Waals surface area contributed by atoms with Crippen molar-refractivity contribution in [3.8, 4) is 5.75 Å². The molecule has 0 aliphatic carbocycles. The normalized spacial score (nSPS) is 11.1. The molecule has 7 heteroatoms. The van der Waals surface area contributed by atoms with Crippen molar-refractivity contribution >= 4 is 40.5 Å². The summed E-state index contributed by atoms with van der Waals surface area (Å²) in [4.78, 5) is 20.0. The largest absolute Gasteiger partial charge is 0.422 e. The quantitative estimate of drug-likeness (QED) is 0.240. The van der Waals surface area contributed by atoms with E-state index in [1.165, 1.54) is 11.3 Å². The van der Waals surface area contributed by atoms with Crippen molar-refractivity contribution in [1.82, 2.24) is 9.97 Å². The van der Waals surface area contributed by atoms with Crippen LogP contribution >= 0.6 is 11.3 Å². The molecule has 0 saturated heterocycles. The second-order valence-corrected chi connectivity index (χ2v) is 6.36. The van der Waals surface area contributed by atoms with Crippen LogP contribution in [0.5, 0.6) is 5.75 Å². The van der Waals surface area contributed by atoms with Crippen molar-refractivity contribution in [3.63, 3.8) is 0 Å². The summed E-state index contributed by atoms with van der Waals surface area (Å²) in [5.74, 6) is 0.711. The van der Waals surface area contributed by atoms with Crippen molar-refractivity contribution < 1.29 is 9.53 Å². The lowest BCUT2D eigenvalue weighted by Gasteiger charge is -2.02. The Morgan fingerprint density at radius 3 is 2.73 bits per heavy atom. The second kappa shape index (κ2) is 7.20. The van der Waals surface area contributed by atoms with Crippen LogP contribution in [0.25, 0.3) is 11.0 Å². The molecule has 0 spiro atoms. The van der Waals surface area contributed by atoms with E-state index in [0.717, 1.165) is 16.6 Å². The highest BCUT2D eigenvalue weighted by Gasteiger charge is 2.08. The van der Waals surface area contributed by atoms with Gasteiger partial charge in [-0.05, 0) is 53.4 Å². The number of carbonyl (C=O) groups is 1. The summed E-state index contributed by atoms with van der Waals surface area (Å²) in [6.07, 6.45) is 1.66. The number of fused-ring (bicyclic) bond motifs is 1. The number of benzene rings is 2. The first kappa shape index (κ1) is 16.0. The number of hydrazone groups is 1. The zero-order valence-corrected chi connectivity index (χ0v) is 14.4. The maximum absolute atomic E-state index is 11.9. The molecule has 2 N–H and O–H groups in total. The molecule has 6 nitrogen and oxygen atoms in total. The number of nitrogens with one attached hydrogen (secondary N) is 2. The molecule has 4 rings (SSSR count). The van der Waals surface area contributed by atoms with Crippen LogP contribution in [0.2, 0.25) is 0 Å². The first-order chi connectivity index (χ1) is 12.8. The molecule has 4 aromatic rings. The van der Waals surface area contributed by atoms with Crippen LogP contribution in [0.4, 0.5) is 5.95 Å². The standard InChI is InChI=1S/C19H14N4O2S/c24-18(17-6-3-11-26-17)25-14-9-7-13(8-10-14)12-20-23-19-21-15-4-1-2-5-16(15)22-19/h1-12H,(H2,21,22,23)/b20-12-. The molecule has 0 bridgehead atoms. The number of aromatic nitrogens is 2. The van der Waals surface area contributed by atoms with Crippen LogP contribution in [0, 0.1) is 0 Å². The third-order valence-electron chi connectivity index (χ3n) is 3.59. The number of carbonyl (C=O) groups excluding carboxylic acids is 1. The second-order valence-electron chi connectivity index (χ2n) is 5.41. The number of imidazole rings is 1. The van der Waals surface area contributed by atoms with Crippen molar-refractivity contribution in [2.45, 2.75) is 0 Å². The van der Waals surface area contributed by atoms with Gasteiger partial charge < -0.3 is 9.72 Å². The number of nitrogens with zero attached hydrogens (tertiary/aromatic N) is 2. The number of hydrogen-bond donors (Lipinski definition) is 2. The predicted molar refractivity (Wildman–Crippen MR) is 103 cm³/mol. The van der Waals surface area contributed by atoms with E-state index in [2.05, 4.69) is 20.5 Å². The summed E-state index contributed by atoms with van der Waals surface area (Å²) in [6, 6.07) is 18.4. The summed E-state index contributed by atoms with van der Waals surface area (Å²) in [6.45, 7) is 0. The number of H-pyrrole nitrogens is 1. The predicted octanol–water partition coefficient (Wildman–Crippen LogP) is 4.29. The molecule has 0 unspecified atom stereocenters. The number of rotatable bonds is 5. The van der Waals surface area contributed by atoms with Gasteiger partial charge in [0, 0.05) is 0 Å². The van der Waals surface area contributed by atoms with E-state index in [9.17, 15) is 4.79 Å². The molecule has 0 saturated carbocycles. The van der Waals surface area contributed by atoms with Gasteiger partial charge in [-0.25, -0.2) is 15.2 Å². The van der Waals surface area contributed by atoms with Crippen molar-refractivity contribution in [2.24, 2.45) is 5.10 Å². The molecule has 26 heavy (non-hydrogen) atoms. The van der Waals surface area contributed by atoms with E-state index in [1.807, 2.05) is 47.8 Å². The van der Waals surface area contributed by atoms with Crippen LogP contribution < -0.4 is 10.2 Å². The topological polar surface area (TPSA) is 79.4 Å². The Hall–Kier alpha value is -3.45. The highest BCUT2D eigenvalue weighted by molar-refractivity contribution is 7.12. The summed E-state index contributed by atoms with van der Waals surface area (Å²) in [7, 11) is 0. The maximum Gasteiger partial charge on any atom is 0.353 e. The Morgan fingerprint density at radius 1 is 1.12 bits per heavy atom. The number of anilines is 1. The Kier molecular flexibility index (Phi) is 4.44. The molecular weight excluding hydrogens is 348 g/mol. The summed E-state index contributed by atoms with van der Waals surface area (Å²) < 4.78 is 5.32. The van der Waals surface area contributed by atoms with E-state index in [-0.39, 0.29) is 5.97 Å². The average Bonchev–Trinajstić information content (AvgIpc) is 3.32. The number of aromatic amines is 1. The Morgan fingerprint density at radius 2 is 1.96 bits per heavy atom. The average molecular weight is 362 g/mol. The van der Waals surface area contributed by atoms with Crippen LogP contribution in [-0.2, 0) is 0 Å². The molecule has 0 amide bonds. The van der Waals surface area contributed by atoms with Crippen molar-refractivity contribution in [2.75, 3.05) is 5.43 Å². The lowest BCUT2D eigenvalue weighted by molar-refractivity contribution is 0.0740. The molecule has 2 aromatic carbocycles. The van der Waals surface area contributed by atoms with Gasteiger partial charge in [0.25, 0.3) is 0 Å². The summed E-state index contributed by atoms with van der Waals surface area (Å²) >= 11 is 1.35. The van der Waals surface area contributed by atoms with E-state index in [0.29, 0.717) is 16.6 Å². The van der Waals surface area contributed by atoms with Crippen LogP contribution in [-0.4, -0.2) is 22.2 Å². The smallest absolute Gasteiger partial charge is 0.353 e. The van der Waals surface area contributed by atoms with Crippen LogP contribution in [0.1, 0.15) is 15.2 Å². The SMILES string of the molecule is O=C(Oc1ccc(/C=N\Nc2nc3ccccc3[nH]2)cc1)c1cccs1. The maximum atomic E-state index is 11.9. The highest BCUT2D eigenvalue weighted by Crippen LogP contribution is 2.16. The zero-order valence-electron chi connectivity index (χ0n) is 13.5. The zero-order chi connectivity index (χ0) is 17.8. The fourth-order valence-corrected chi connectivity index (χ4v) is 2.95. The van der Waals surface area contributed by atoms with Crippen LogP contribution in [0.15, 0.2) is 71.1 Å². The summed E-state index contributed by atoms with van der Waals surface area (Å²) in [5, 5.41) is 6.00. The number of thiophene rings is 1. The Labute approximate surface area is 153 Å². The molecule has 0 fully saturated rings. The van der Waals surface area contributed by atoms with E-state index in [4.69, 9.17) is 4.74 Å². The number of hydrogen-bond acceptors (Lipinski definition) is 6. The van der Waals surface area contributed by atoms with Gasteiger partial charge in [-0.1, -0.05) is 18.2 Å². The molecule has 0 radical (unpaired) electrons. The van der Waals surface area contributed by atoms with Gasteiger partial charge in [0.2, 0.25) is 5.95 Å². The fourth-order valence-electron chi connectivity index (χ4n) is 2.35. The lowest BCUT2D eigenvalue weighted by Crippen LogP contribution is -2.06. The minimum atomic E-state index is -0.354.